The number of hydrogen-bond donors (Lipinski definition) is 2. The van der Waals surface area contributed by atoms with E-state index in [1.54, 1.807) is 0 Å². The van der Waals surface area contributed by atoms with E-state index < -0.39 is 21.2 Å². The lowest BCUT2D eigenvalue weighted by atomic mass is 9.70. The van der Waals surface area contributed by atoms with Gasteiger partial charge in [-0.1, -0.05) is 24.3 Å². The van der Waals surface area contributed by atoms with Crippen molar-refractivity contribution in [2.75, 3.05) is 11.6 Å². The molecule has 142 valence electrons. The molecule has 3 rings (SSSR count). The molecule has 0 saturated heterocycles. The van der Waals surface area contributed by atoms with E-state index in [4.69, 9.17) is 0 Å². The molecule has 0 fully saturated rings. The molecule has 1 aliphatic rings. The number of aromatic carboxylic acids is 1. The van der Waals surface area contributed by atoms with Gasteiger partial charge in [0, 0.05) is 11.9 Å². The summed E-state index contributed by atoms with van der Waals surface area (Å²) in [6.45, 7) is 1.86. The first kappa shape index (κ1) is 19.1. The maximum absolute atomic E-state index is 13.1. The standard InChI is InChI=1S/C20H21NO5S/c1-20(9-5-7-13-6-3-4-8-17(13)20)19(24)21-15-10-14(18(22)23)11-16(12-15)27(2,25)26/h3-4,6,8,10-12H,5,7,9H2,1-2H3,(H,21,24)(H,22,23). The summed E-state index contributed by atoms with van der Waals surface area (Å²) >= 11 is 0. The number of fused-ring (bicyclic) bond motifs is 1. The molecule has 0 saturated carbocycles. The van der Waals surface area contributed by atoms with Gasteiger partial charge in [0.15, 0.2) is 9.84 Å². The zero-order valence-electron chi connectivity index (χ0n) is 15.2. The Labute approximate surface area is 158 Å². The Balaban J connectivity index is 2.00. The first-order valence-corrected chi connectivity index (χ1v) is 10.5. The summed E-state index contributed by atoms with van der Waals surface area (Å²) in [5.41, 5.74) is 1.27. The molecule has 0 aliphatic heterocycles. The molecule has 2 N–H and O–H groups in total. The van der Waals surface area contributed by atoms with Gasteiger partial charge < -0.3 is 10.4 Å². The van der Waals surface area contributed by atoms with Gasteiger partial charge in [-0.2, -0.15) is 0 Å². The molecule has 1 atom stereocenters. The lowest BCUT2D eigenvalue weighted by molar-refractivity contribution is -0.121. The Kier molecular flexibility index (Phi) is 4.82. The fraction of sp³-hybridized carbons (Fsp3) is 0.300. The molecule has 0 radical (unpaired) electrons. The number of carbonyl (C=O) groups excluding carboxylic acids is 1. The molecule has 0 bridgehead atoms. The molecule has 2 aromatic carbocycles. The predicted molar refractivity (Wildman–Crippen MR) is 102 cm³/mol. The Morgan fingerprint density at radius 2 is 1.85 bits per heavy atom. The maximum Gasteiger partial charge on any atom is 0.335 e. The number of carbonyl (C=O) groups is 2. The number of carboxylic acid groups (broad SMARTS) is 1. The van der Waals surface area contributed by atoms with Crippen molar-refractivity contribution in [2.45, 2.75) is 36.5 Å². The smallest absolute Gasteiger partial charge is 0.335 e. The van der Waals surface area contributed by atoms with Crippen LogP contribution in [0.15, 0.2) is 47.4 Å². The fourth-order valence-electron chi connectivity index (χ4n) is 3.56. The monoisotopic (exact) mass is 387 g/mol. The minimum absolute atomic E-state index is 0.146. The van der Waals surface area contributed by atoms with Crippen LogP contribution in [0.4, 0.5) is 5.69 Å². The van der Waals surface area contributed by atoms with Gasteiger partial charge in [-0.25, -0.2) is 13.2 Å². The molecule has 1 unspecified atom stereocenters. The second-order valence-corrected chi connectivity index (χ2v) is 9.14. The van der Waals surface area contributed by atoms with E-state index in [-0.39, 0.29) is 22.1 Å². The summed E-state index contributed by atoms with van der Waals surface area (Å²) in [5.74, 6) is -1.54. The highest BCUT2D eigenvalue weighted by Gasteiger charge is 2.38. The molecule has 1 amide bonds. The summed E-state index contributed by atoms with van der Waals surface area (Å²) in [6.07, 6.45) is 3.43. The van der Waals surface area contributed by atoms with Gasteiger partial charge in [0.2, 0.25) is 5.91 Å². The van der Waals surface area contributed by atoms with Gasteiger partial charge in [-0.3, -0.25) is 4.79 Å². The number of sulfone groups is 1. The summed E-state index contributed by atoms with van der Waals surface area (Å²) in [6, 6.07) is 11.4. The zero-order valence-corrected chi connectivity index (χ0v) is 16.0. The lowest BCUT2D eigenvalue weighted by Crippen LogP contribution is -2.40. The van der Waals surface area contributed by atoms with Gasteiger partial charge in [-0.15, -0.1) is 0 Å². The van der Waals surface area contributed by atoms with E-state index >= 15 is 0 Å². The van der Waals surface area contributed by atoms with Crippen molar-refractivity contribution >= 4 is 27.4 Å². The third kappa shape index (κ3) is 3.73. The predicted octanol–water partition coefficient (Wildman–Crippen LogP) is 3.02. The van der Waals surface area contributed by atoms with Crippen LogP contribution in [0, 0.1) is 0 Å². The molecule has 0 spiro atoms. The minimum Gasteiger partial charge on any atom is -0.478 e. The number of benzene rings is 2. The molecule has 6 nitrogen and oxygen atoms in total. The van der Waals surface area contributed by atoms with Crippen molar-refractivity contribution in [3.05, 3.63) is 59.2 Å². The fourth-order valence-corrected chi connectivity index (χ4v) is 4.24. The van der Waals surface area contributed by atoms with Crippen molar-refractivity contribution < 1.29 is 23.1 Å². The van der Waals surface area contributed by atoms with E-state index in [0.717, 1.165) is 36.3 Å². The van der Waals surface area contributed by atoms with Crippen LogP contribution >= 0.6 is 0 Å². The van der Waals surface area contributed by atoms with Crippen molar-refractivity contribution in [1.82, 2.24) is 0 Å². The first-order valence-electron chi connectivity index (χ1n) is 8.59. The maximum atomic E-state index is 13.1. The van der Waals surface area contributed by atoms with Crippen LogP contribution in [0.2, 0.25) is 0 Å². The molecule has 2 aromatic rings. The zero-order chi connectivity index (χ0) is 19.8. The average molecular weight is 387 g/mol. The third-order valence-corrected chi connectivity index (χ3v) is 6.17. The number of carboxylic acids is 1. The van der Waals surface area contributed by atoms with Crippen LogP contribution in [0.5, 0.6) is 0 Å². The first-order chi connectivity index (χ1) is 12.6. The third-order valence-electron chi connectivity index (χ3n) is 5.08. The molecule has 0 heterocycles. The Morgan fingerprint density at radius 1 is 1.15 bits per heavy atom. The van der Waals surface area contributed by atoms with Gasteiger partial charge in [0.25, 0.3) is 0 Å². The topological polar surface area (TPSA) is 101 Å². The van der Waals surface area contributed by atoms with Gasteiger partial charge >= 0.3 is 5.97 Å². The van der Waals surface area contributed by atoms with E-state index in [0.29, 0.717) is 6.42 Å². The van der Waals surface area contributed by atoms with Crippen molar-refractivity contribution in [2.24, 2.45) is 0 Å². The Morgan fingerprint density at radius 3 is 2.52 bits per heavy atom. The molecular weight excluding hydrogens is 366 g/mol. The van der Waals surface area contributed by atoms with Crippen molar-refractivity contribution in [3.8, 4) is 0 Å². The molecule has 27 heavy (non-hydrogen) atoms. The second-order valence-electron chi connectivity index (χ2n) is 7.12. The van der Waals surface area contributed by atoms with Crippen LogP contribution in [0.3, 0.4) is 0 Å². The SMILES string of the molecule is CC1(C(=O)Nc2cc(C(=O)O)cc(S(C)(=O)=O)c2)CCCc2ccccc21. The number of hydrogen-bond acceptors (Lipinski definition) is 4. The molecular formula is C20H21NO5S. The van der Waals surface area contributed by atoms with E-state index in [1.807, 2.05) is 31.2 Å². The Bertz CT molecular complexity index is 1030. The number of anilines is 1. The summed E-state index contributed by atoms with van der Waals surface area (Å²) in [4.78, 5) is 24.3. The molecule has 1 aliphatic carbocycles. The van der Waals surface area contributed by atoms with Crippen molar-refractivity contribution in [1.29, 1.82) is 0 Å². The van der Waals surface area contributed by atoms with Crippen LogP contribution < -0.4 is 5.32 Å². The Hall–Kier alpha value is -2.67. The van der Waals surface area contributed by atoms with Crippen LogP contribution in [-0.4, -0.2) is 31.7 Å². The van der Waals surface area contributed by atoms with Gasteiger partial charge in [0.05, 0.1) is 15.9 Å². The van der Waals surface area contributed by atoms with Crippen molar-refractivity contribution in [3.63, 3.8) is 0 Å². The summed E-state index contributed by atoms with van der Waals surface area (Å²) in [7, 11) is -3.62. The normalized spacial score (nSPS) is 19.2. The highest BCUT2D eigenvalue weighted by atomic mass is 32.2. The highest BCUT2D eigenvalue weighted by molar-refractivity contribution is 7.90. The van der Waals surface area contributed by atoms with E-state index in [1.165, 1.54) is 12.1 Å². The molecule has 7 heteroatoms. The quantitative estimate of drug-likeness (QED) is 0.840. The summed E-state index contributed by atoms with van der Waals surface area (Å²) in [5, 5.41) is 12.0. The lowest BCUT2D eigenvalue weighted by Gasteiger charge is -2.34. The minimum atomic E-state index is -3.62. The van der Waals surface area contributed by atoms with E-state index in [9.17, 15) is 23.1 Å². The van der Waals surface area contributed by atoms with Crippen LogP contribution in [0.1, 0.15) is 41.3 Å². The highest BCUT2D eigenvalue weighted by Crippen LogP contribution is 2.38. The van der Waals surface area contributed by atoms with Gasteiger partial charge in [0.1, 0.15) is 0 Å². The molecule has 0 aromatic heterocycles. The number of rotatable bonds is 4. The van der Waals surface area contributed by atoms with Crippen LogP contribution in [0.25, 0.3) is 0 Å². The second kappa shape index (κ2) is 6.81. The number of aryl methyl sites for hydroxylation is 1. The number of nitrogens with one attached hydrogen (secondary N) is 1. The van der Waals surface area contributed by atoms with E-state index in [2.05, 4.69) is 5.32 Å². The van der Waals surface area contributed by atoms with Crippen LogP contribution in [-0.2, 0) is 26.5 Å². The largest absolute Gasteiger partial charge is 0.478 e. The summed E-state index contributed by atoms with van der Waals surface area (Å²) < 4.78 is 23.7. The average Bonchev–Trinajstić information content (AvgIpc) is 2.61. The number of amides is 1. The van der Waals surface area contributed by atoms with Gasteiger partial charge in [-0.05, 0) is 55.5 Å².